The predicted molar refractivity (Wildman–Crippen MR) is 73.1 cm³/mol. The van der Waals surface area contributed by atoms with Gasteiger partial charge in [0.15, 0.2) is 0 Å². The van der Waals surface area contributed by atoms with Crippen molar-refractivity contribution in [1.82, 2.24) is 8.61 Å². The number of hydrogen-bond acceptors (Lipinski definition) is 3. The summed E-state index contributed by atoms with van der Waals surface area (Å²) in [4.78, 5) is 4.45. The summed E-state index contributed by atoms with van der Waals surface area (Å²) in [7, 11) is 6.00. The highest BCUT2D eigenvalue weighted by Gasteiger charge is 1.98. The van der Waals surface area contributed by atoms with Gasteiger partial charge in [-0.3, -0.25) is 4.31 Å². The molecular weight excluding hydrogens is 218 g/mol. The molecule has 0 saturated heterocycles. The molecule has 0 aromatic heterocycles. The molecule has 0 aliphatic heterocycles. The summed E-state index contributed by atoms with van der Waals surface area (Å²) >= 11 is 1.60. The van der Waals surface area contributed by atoms with E-state index in [9.17, 15) is 0 Å². The second kappa shape index (κ2) is 5.92. The highest BCUT2D eigenvalue weighted by atomic mass is 32.2. The van der Waals surface area contributed by atoms with Gasteiger partial charge < -0.3 is 0 Å². The molecule has 0 saturated carbocycles. The van der Waals surface area contributed by atoms with Crippen molar-refractivity contribution in [3.05, 3.63) is 29.3 Å². The lowest BCUT2D eigenvalue weighted by molar-refractivity contribution is 0.667. The van der Waals surface area contributed by atoms with Crippen LogP contribution in [-0.2, 0) is 0 Å². The Morgan fingerprint density at radius 2 is 1.88 bits per heavy atom. The van der Waals surface area contributed by atoms with Crippen LogP contribution in [0, 0.1) is 13.8 Å². The fraction of sp³-hybridized carbons (Fsp3) is 0.417. The topological polar surface area (TPSA) is 18.8 Å². The van der Waals surface area contributed by atoms with E-state index in [2.05, 4.69) is 37.0 Å². The summed E-state index contributed by atoms with van der Waals surface area (Å²) < 4.78 is 3.99. The second-order valence-corrected chi connectivity index (χ2v) is 5.44. The first-order valence-electron chi connectivity index (χ1n) is 5.18. The smallest absolute Gasteiger partial charge is 0.102 e. The predicted octanol–water partition coefficient (Wildman–Crippen LogP) is 3.02. The second-order valence-electron chi connectivity index (χ2n) is 3.97. The molecule has 3 nitrogen and oxygen atoms in total. The summed E-state index contributed by atoms with van der Waals surface area (Å²) in [6, 6.07) is 6.28. The van der Waals surface area contributed by atoms with Gasteiger partial charge in [-0.25, -0.2) is 9.30 Å². The largest absolute Gasteiger partial charge is 0.297 e. The first-order chi connectivity index (χ1) is 7.49. The molecule has 0 atom stereocenters. The minimum absolute atomic E-state index is 1.02. The summed E-state index contributed by atoms with van der Waals surface area (Å²) in [5.41, 5.74) is 3.50. The number of benzene rings is 1. The molecule has 0 fully saturated rings. The van der Waals surface area contributed by atoms with E-state index in [1.807, 2.05) is 36.1 Å². The van der Waals surface area contributed by atoms with Gasteiger partial charge in [0.2, 0.25) is 0 Å². The van der Waals surface area contributed by atoms with Crippen LogP contribution in [0.25, 0.3) is 0 Å². The zero-order chi connectivity index (χ0) is 12.1. The van der Waals surface area contributed by atoms with Crippen LogP contribution in [-0.4, -0.2) is 36.1 Å². The molecule has 0 aliphatic rings. The van der Waals surface area contributed by atoms with Crippen LogP contribution in [0.4, 0.5) is 5.69 Å². The Morgan fingerprint density at radius 3 is 2.44 bits per heavy atom. The molecule has 0 amide bonds. The van der Waals surface area contributed by atoms with Crippen LogP contribution < -0.4 is 0 Å². The Bertz CT molecular complexity index is 375. The molecule has 0 spiro atoms. The number of rotatable bonds is 4. The third kappa shape index (κ3) is 4.24. The van der Waals surface area contributed by atoms with E-state index < -0.39 is 0 Å². The monoisotopic (exact) mass is 237 g/mol. The number of hydrogen-bond donors (Lipinski definition) is 0. The molecule has 0 unspecified atom stereocenters. The van der Waals surface area contributed by atoms with Gasteiger partial charge in [-0.05, 0) is 39.6 Å². The molecule has 0 N–H and O–H groups in total. The normalized spacial score (nSPS) is 11.4. The third-order valence-corrected chi connectivity index (χ3v) is 2.68. The standard InChI is InChI=1S/C12H19N3S/c1-10-6-7-12(11(2)8-10)13-9-15(5)16-14(3)4/h6-9H,1-5H3. The van der Waals surface area contributed by atoms with Crippen molar-refractivity contribution < 1.29 is 0 Å². The van der Waals surface area contributed by atoms with Crippen LogP contribution in [0.15, 0.2) is 23.2 Å². The van der Waals surface area contributed by atoms with E-state index in [1.165, 1.54) is 11.1 Å². The first-order valence-corrected chi connectivity index (χ1v) is 5.92. The lowest BCUT2D eigenvalue weighted by atomic mass is 10.1. The van der Waals surface area contributed by atoms with Gasteiger partial charge in [0.05, 0.1) is 5.69 Å². The highest BCUT2D eigenvalue weighted by molar-refractivity contribution is 7.95. The average molecular weight is 237 g/mol. The molecule has 1 aromatic rings. The maximum Gasteiger partial charge on any atom is 0.102 e. The van der Waals surface area contributed by atoms with Gasteiger partial charge in [-0.15, -0.1) is 0 Å². The third-order valence-electron chi connectivity index (χ3n) is 2.00. The van der Waals surface area contributed by atoms with Gasteiger partial charge in [0.1, 0.15) is 6.34 Å². The van der Waals surface area contributed by atoms with E-state index >= 15 is 0 Å². The van der Waals surface area contributed by atoms with Crippen molar-refractivity contribution >= 4 is 24.2 Å². The fourth-order valence-electron chi connectivity index (χ4n) is 1.37. The fourth-order valence-corrected chi connectivity index (χ4v) is 1.98. The summed E-state index contributed by atoms with van der Waals surface area (Å²) in [5.74, 6) is 0. The van der Waals surface area contributed by atoms with Crippen molar-refractivity contribution in [1.29, 1.82) is 0 Å². The average Bonchev–Trinajstić information content (AvgIpc) is 2.15. The molecule has 1 rings (SSSR count). The van der Waals surface area contributed by atoms with E-state index in [4.69, 9.17) is 0 Å². The maximum atomic E-state index is 4.45. The Hall–Kier alpha value is -1.00. The molecule has 0 bridgehead atoms. The van der Waals surface area contributed by atoms with Crippen LogP contribution in [0.1, 0.15) is 11.1 Å². The summed E-state index contributed by atoms with van der Waals surface area (Å²) in [6.45, 7) is 4.17. The number of aliphatic imine (C=N–C) groups is 1. The highest BCUT2D eigenvalue weighted by Crippen LogP contribution is 2.19. The van der Waals surface area contributed by atoms with Crippen molar-refractivity contribution in [3.8, 4) is 0 Å². The van der Waals surface area contributed by atoms with Crippen LogP contribution in [0.2, 0.25) is 0 Å². The summed E-state index contributed by atoms with van der Waals surface area (Å²) in [6.07, 6.45) is 1.84. The Kier molecular flexibility index (Phi) is 4.83. The van der Waals surface area contributed by atoms with Crippen molar-refractivity contribution in [3.63, 3.8) is 0 Å². The maximum absolute atomic E-state index is 4.45. The molecule has 16 heavy (non-hydrogen) atoms. The molecular formula is C12H19N3S. The quantitative estimate of drug-likeness (QED) is 0.456. The van der Waals surface area contributed by atoms with E-state index in [0.29, 0.717) is 0 Å². The zero-order valence-corrected chi connectivity index (χ0v) is 11.4. The van der Waals surface area contributed by atoms with Gasteiger partial charge in [-0.2, -0.15) is 0 Å². The number of nitrogens with zero attached hydrogens (tertiary/aromatic N) is 3. The van der Waals surface area contributed by atoms with Crippen molar-refractivity contribution in [2.24, 2.45) is 4.99 Å². The van der Waals surface area contributed by atoms with Gasteiger partial charge in [-0.1, -0.05) is 17.7 Å². The van der Waals surface area contributed by atoms with Crippen molar-refractivity contribution in [2.45, 2.75) is 13.8 Å². The Labute approximate surface area is 102 Å². The minimum Gasteiger partial charge on any atom is -0.297 e. The number of aryl methyl sites for hydroxylation is 2. The van der Waals surface area contributed by atoms with E-state index in [-0.39, 0.29) is 0 Å². The Morgan fingerprint density at radius 1 is 1.19 bits per heavy atom. The van der Waals surface area contributed by atoms with Crippen LogP contribution in [0.3, 0.4) is 0 Å². The summed E-state index contributed by atoms with van der Waals surface area (Å²) in [5, 5.41) is 0. The molecule has 1 aromatic carbocycles. The van der Waals surface area contributed by atoms with Crippen LogP contribution in [0.5, 0.6) is 0 Å². The molecule has 0 heterocycles. The van der Waals surface area contributed by atoms with Gasteiger partial charge >= 0.3 is 0 Å². The van der Waals surface area contributed by atoms with Crippen LogP contribution >= 0.6 is 12.1 Å². The lowest BCUT2D eigenvalue weighted by Crippen LogP contribution is -2.13. The zero-order valence-electron chi connectivity index (χ0n) is 10.6. The SMILES string of the molecule is Cc1ccc(N=CN(C)SN(C)C)c(C)c1. The van der Waals surface area contributed by atoms with E-state index in [0.717, 1.165) is 5.69 Å². The molecule has 4 heteroatoms. The lowest BCUT2D eigenvalue weighted by Gasteiger charge is -2.15. The molecule has 0 radical (unpaired) electrons. The van der Waals surface area contributed by atoms with Gasteiger partial charge in [0, 0.05) is 19.2 Å². The molecule has 0 aliphatic carbocycles. The van der Waals surface area contributed by atoms with Gasteiger partial charge in [0.25, 0.3) is 0 Å². The Balaban J connectivity index is 2.69. The van der Waals surface area contributed by atoms with E-state index in [1.54, 1.807) is 12.1 Å². The first kappa shape index (κ1) is 13.1. The minimum atomic E-state index is 1.02. The molecule has 88 valence electrons. The van der Waals surface area contributed by atoms with Crippen molar-refractivity contribution in [2.75, 3.05) is 21.1 Å².